The summed E-state index contributed by atoms with van der Waals surface area (Å²) >= 11 is 0. The Labute approximate surface area is 91.5 Å². The van der Waals surface area contributed by atoms with Gasteiger partial charge < -0.3 is 10.3 Å². The second-order valence-electron chi connectivity index (χ2n) is 3.37. The lowest BCUT2D eigenvalue weighted by Gasteiger charge is -2.01. The molecule has 16 heavy (non-hydrogen) atoms. The van der Waals surface area contributed by atoms with Gasteiger partial charge in [0.05, 0.1) is 24.0 Å². The zero-order valence-electron chi connectivity index (χ0n) is 8.72. The van der Waals surface area contributed by atoms with Gasteiger partial charge in [-0.15, -0.1) is 0 Å². The highest BCUT2D eigenvalue weighted by molar-refractivity contribution is 5.60. The number of benzene rings is 1. The van der Waals surface area contributed by atoms with Gasteiger partial charge in [0.25, 0.3) is 0 Å². The number of H-pyrrole nitrogens is 1. The lowest BCUT2D eigenvalue weighted by molar-refractivity contribution is 0.588. The minimum absolute atomic E-state index is 0.0719. The number of hydrogen-bond acceptors (Lipinski definition) is 2. The van der Waals surface area contributed by atoms with Gasteiger partial charge in [0.15, 0.2) is 0 Å². The molecular weight excluding hydrogens is 212 g/mol. The molecule has 0 saturated carbocycles. The van der Waals surface area contributed by atoms with Gasteiger partial charge in [-0.1, -0.05) is 6.07 Å². The number of imidazole rings is 1. The molecule has 0 amide bonds. The van der Waals surface area contributed by atoms with Gasteiger partial charge in [0.1, 0.15) is 17.5 Å². The Kier molecular flexibility index (Phi) is 2.96. The van der Waals surface area contributed by atoms with Crippen LogP contribution in [0, 0.1) is 11.6 Å². The number of rotatable bonds is 3. The molecule has 2 aromatic rings. The van der Waals surface area contributed by atoms with E-state index in [9.17, 15) is 8.78 Å². The monoisotopic (exact) mass is 223 g/mol. The van der Waals surface area contributed by atoms with Crippen molar-refractivity contribution in [2.75, 3.05) is 7.05 Å². The molecule has 1 aromatic heterocycles. The van der Waals surface area contributed by atoms with E-state index in [0.29, 0.717) is 18.1 Å². The molecule has 5 heteroatoms. The SMILES string of the molecule is CNCc1ncc(-c2c(F)cccc2F)[nH]1. The second kappa shape index (κ2) is 4.40. The summed E-state index contributed by atoms with van der Waals surface area (Å²) in [5.41, 5.74) is 0.276. The fourth-order valence-electron chi connectivity index (χ4n) is 1.50. The molecular formula is C11H11F2N3. The van der Waals surface area contributed by atoms with E-state index in [-0.39, 0.29) is 5.56 Å². The first-order chi connectivity index (χ1) is 7.72. The molecule has 3 nitrogen and oxygen atoms in total. The highest BCUT2D eigenvalue weighted by Crippen LogP contribution is 2.23. The summed E-state index contributed by atoms with van der Waals surface area (Å²) in [6.07, 6.45) is 1.42. The van der Waals surface area contributed by atoms with Crippen molar-refractivity contribution in [3.8, 4) is 11.3 Å². The fraction of sp³-hybridized carbons (Fsp3) is 0.182. The third-order valence-corrected chi connectivity index (χ3v) is 2.20. The first kappa shape index (κ1) is 10.8. The van der Waals surface area contributed by atoms with Crippen LogP contribution in [-0.4, -0.2) is 17.0 Å². The van der Waals surface area contributed by atoms with Gasteiger partial charge in [-0.05, 0) is 19.2 Å². The van der Waals surface area contributed by atoms with Crippen LogP contribution < -0.4 is 5.32 Å². The summed E-state index contributed by atoms with van der Waals surface area (Å²) in [7, 11) is 1.77. The van der Waals surface area contributed by atoms with Gasteiger partial charge in [-0.25, -0.2) is 13.8 Å². The molecule has 0 radical (unpaired) electrons. The molecule has 0 aliphatic carbocycles. The Hall–Kier alpha value is -1.75. The smallest absolute Gasteiger partial charge is 0.135 e. The molecule has 84 valence electrons. The summed E-state index contributed by atoms with van der Waals surface area (Å²) in [6, 6.07) is 3.77. The molecule has 2 N–H and O–H groups in total. The van der Waals surface area contributed by atoms with E-state index in [2.05, 4.69) is 15.3 Å². The number of nitrogens with zero attached hydrogens (tertiary/aromatic N) is 1. The van der Waals surface area contributed by atoms with Crippen molar-refractivity contribution in [1.82, 2.24) is 15.3 Å². The number of aromatic nitrogens is 2. The van der Waals surface area contributed by atoms with Crippen LogP contribution in [-0.2, 0) is 6.54 Å². The van der Waals surface area contributed by atoms with Crippen LogP contribution in [0.25, 0.3) is 11.3 Å². The van der Waals surface area contributed by atoms with E-state index in [1.165, 1.54) is 24.4 Å². The Morgan fingerprint density at radius 1 is 1.31 bits per heavy atom. The lowest BCUT2D eigenvalue weighted by Crippen LogP contribution is -2.06. The van der Waals surface area contributed by atoms with Crippen molar-refractivity contribution in [2.24, 2.45) is 0 Å². The third-order valence-electron chi connectivity index (χ3n) is 2.20. The topological polar surface area (TPSA) is 40.7 Å². The minimum atomic E-state index is -0.598. The van der Waals surface area contributed by atoms with E-state index >= 15 is 0 Å². The minimum Gasteiger partial charge on any atom is -0.341 e. The van der Waals surface area contributed by atoms with E-state index in [0.717, 1.165) is 0 Å². The molecule has 0 atom stereocenters. The van der Waals surface area contributed by atoms with Crippen LogP contribution in [0.3, 0.4) is 0 Å². The Balaban J connectivity index is 2.42. The predicted octanol–water partition coefficient (Wildman–Crippen LogP) is 2.07. The largest absolute Gasteiger partial charge is 0.341 e. The second-order valence-corrected chi connectivity index (χ2v) is 3.37. The zero-order chi connectivity index (χ0) is 11.5. The Bertz CT molecular complexity index is 473. The number of aromatic amines is 1. The lowest BCUT2D eigenvalue weighted by atomic mass is 10.1. The van der Waals surface area contributed by atoms with E-state index in [1.807, 2.05) is 0 Å². The van der Waals surface area contributed by atoms with Crippen LogP contribution in [0.2, 0.25) is 0 Å². The molecule has 0 unspecified atom stereocenters. The van der Waals surface area contributed by atoms with Crippen LogP contribution in [0.4, 0.5) is 8.78 Å². The molecule has 1 aromatic carbocycles. The predicted molar refractivity (Wildman–Crippen MR) is 56.7 cm³/mol. The zero-order valence-corrected chi connectivity index (χ0v) is 8.72. The third kappa shape index (κ3) is 1.94. The van der Waals surface area contributed by atoms with Gasteiger partial charge in [0.2, 0.25) is 0 Å². The van der Waals surface area contributed by atoms with E-state index in [4.69, 9.17) is 0 Å². The van der Waals surface area contributed by atoms with Crippen molar-refractivity contribution in [3.05, 3.63) is 41.9 Å². The molecule has 0 spiro atoms. The summed E-state index contributed by atoms with van der Waals surface area (Å²) in [6.45, 7) is 0.524. The summed E-state index contributed by atoms with van der Waals surface area (Å²) in [4.78, 5) is 6.87. The van der Waals surface area contributed by atoms with Crippen molar-refractivity contribution < 1.29 is 8.78 Å². The molecule has 2 rings (SSSR count). The normalized spacial score (nSPS) is 10.7. The van der Waals surface area contributed by atoms with Crippen LogP contribution >= 0.6 is 0 Å². The van der Waals surface area contributed by atoms with Crippen molar-refractivity contribution in [2.45, 2.75) is 6.54 Å². The van der Waals surface area contributed by atoms with Crippen molar-refractivity contribution in [3.63, 3.8) is 0 Å². The standard InChI is InChI=1S/C11H11F2N3/c1-14-6-10-15-5-9(16-10)11-7(12)3-2-4-8(11)13/h2-5,14H,6H2,1H3,(H,15,16). The Morgan fingerprint density at radius 2 is 2.00 bits per heavy atom. The summed E-state index contributed by atoms with van der Waals surface area (Å²) in [5.74, 6) is -0.556. The molecule has 0 fully saturated rings. The average molecular weight is 223 g/mol. The molecule has 1 heterocycles. The average Bonchev–Trinajstić information content (AvgIpc) is 2.67. The first-order valence-corrected chi connectivity index (χ1v) is 4.85. The molecule has 0 aliphatic rings. The summed E-state index contributed by atoms with van der Waals surface area (Å²) < 4.78 is 26.9. The van der Waals surface area contributed by atoms with Gasteiger partial charge in [0, 0.05) is 0 Å². The van der Waals surface area contributed by atoms with Crippen LogP contribution in [0.5, 0.6) is 0 Å². The fourth-order valence-corrected chi connectivity index (χ4v) is 1.50. The van der Waals surface area contributed by atoms with Crippen molar-refractivity contribution in [1.29, 1.82) is 0 Å². The van der Waals surface area contributed by atoms with Gasteiger partial charge in [-0.3, -0.25) is 0 Å². The van der Waals surface area contributed by atoms with E-state index < -0.39 is 11.6 Å². The number of halogens is 2. The maximum atomic E-state index is 13.4. The van der Waals surface area contributed by atoms with Crippen LogP contribution in [0.15, 0.2) is 24.4 Å². The number of hydrogen-bond donors (Lipinski definition) is 2. The number of nitrogens with one attached hydrogen (secondary N) is 2. The highest BCUT2D eigenvalue weighted by Gasteiger charge is 2.12. The summed E-state index contributed by atoms with van der Waals surface area (Å²) in [5, 5.41) is 2.90. The van der Waals surface area contributed by atoms with Gasteiger partial charge >= 0.3 is 0 Å². The quantitative estimate of drug-likeness (QED) is 0.836. The van der Waals surface area contributed by atoms with Gasteiger partial charge in [-0.2, -0.15) is 0 Å². The highest BCUT2D eigenvalue weighted by atomic mass is 19.1. The molecule has 0 aliphatic heterocycles. The molecule has 0 saturated heterocycles. The maximum absolute atomic E-state index is 13.4. The van der Waals surface area contributed by atoms with Crippen LogP contribution in [0.1, 0.15) is 5.82 Å². The van der Waals surface area contributed by atoms with E-state index in [1.54, 1.807) is 7.05 Å². The van der Waals surface area contributed by atoms with Crippen molar-refractivity contribution >= 4 is 0 Å². The Morgan fingerprint density at radius 3 is 2.62 bits per heavy atom. The first-order valence-electron chi connectivity index (χ1n) is 4.85. The maximum Gasteiger partial charge on any atom is 0.135 e. The molecule has 0 bridgehead atoms.